The third kappa shape index (κ3) is 2.67. The van der Waals surface area contributed by atoms with E-state index in [1.54, 1.807) is 6.20 Å². The summed E-state index contributed by atoms with van der Waals surface area (Å²) in [5, 5.41) is 4.02. The second kappa shape index (κ2) is 5.44. The van der Waals surface area contributed by atoms with E-state index >= 15 is 0 Å². The minimum absolute atomic E-state index is 0.501. The van der Waals surface area contributed by atoms with E-state index in [0.717, 1.165) is 16.8 Å². The molecule has 0 bridgehead atoms. The van der Waals surface area contributed by atoms with Gasteiger partial charge >= 0.3 is 0 Å². The molecule has 0 N–H and O–H groups in total. The minimum Gasteiger partial charge on any atom is -0.334 e. The fraction of sp³-hybridized carbons (Fsp3) is 0.250. The molecule has 21 heavy (non-hydrogen) atoms. The smallest absolute Gasteiger partial charge is 0.258 e. The Morgan fingerprint density at radius 2 is 1.86 bits per heavy atom. The van der Waals surface area contributed by atoms with Gasteiger partial charge in [-0.1, -0.05) is 31.1 Å². The topological polar surface area (TPSA) is 64.7 Å². The van der Waals surface area contributed by atoms with E-state index in [-0.39, 0.29) is 0 Å². The van der Waals surface area contributed by atoms with Gasteiger partial charge in [0.05, 0.1) is 11.3 Å². The monoisotopic (exact) mass is 280 g/mol. The van der Waals surface area contributed by atoms with E-state index in [4.69, 9.17) is 4.52 Å². The molecule has 5 nitrogen and oxygen atoms in total. The van der Waals surface area contributed by atoms with Crippen LogP contribution in [0.2, 0.25) is 0 Å². The molecule has 0 unspecified atom stereocenters. The van der Waals surface area contributed by atoms with Gasteiger partial charge in [-0.15, -0.1) is 0 Å². The highest BCUT2D eigenvalue weighted by molar-refractivity contribution is 5.60. The van der Waals surface area contributed by atoms with Crippen LogP contribution in [0.1, 0.15) is 31.0 Å². The van der Waals surface area contributed by atoms with Gasteiger partial charge in [-0.2, -0.15) is 4.98 Å². The second-order valence-electron chi connectivity index (χ2n) is 5.22. The normalized spacial score (nSPS) is 11.0. The van der Waals surface area contributed by atoms with Crippen molar-refractivity contribution in [3.63, 3.8) is 0 Å². The van der Waals surface area contributed by atoms with Crippen LogP contribution < -0.4 is 0 Å². The van der Waals surface area contributed by atoms with Crippen molar-refractivity contribution in [2.75, 3.05) is 0 Å². The predicted octanol–water partition coefficient (Wildman–Crippen LogP) is 3.63. The third-order valence-electron chi connectivity index (χ3n) is 3.40. The van der Waals surface area contributed by atoms with E-state index < -0.39 is 0 Å². The lowest BCUT2D eigenvalue weighted by molar-refractivity contribution is 0.432. The summed E-state index contributed by atoms with van der Waals surface area (Å²) in [5.74, 6) is 1.51. The molecule has 0 saturated heterocycles. The minimum atomic E-state index is 0.501. The van der Waals surface area contributed by atoms with E-state index in [1.165, 1.54) is 11.9 Å². The van der Waals surface area contributed by atoms with E-state index in [1.807, 2.05) is 19.1 Å². The van der Waals surface area contributed by atoms with Crippen LogP contribution in [-0.4, -0.2) is 20.1 Å². The Hall–Kier alpha value is -2.56. The molecule has 2 heterocycles. The zero-order valence-corrected chi connectivity index (χ0v) is 12.2. The Morgan fingerprint density at radius 1 is 1.10 bits per heavy atom. The van der Waals surface area contributed by atoms with Crippen LogP contribution in [0.15, 0.2) is 41.3 Å². The number of nitrogens with zero attached hydrogens (tertiary/aromatic N) is 4. The quantitative estimate of drug-likeness (QED) is 0.733. The average molecular weight is 280 g/mol. The Labute approximate surface area is 123 Å². The van der Waals surface area contributed by atoms with Gasteiger partial charge in [0.15, 0.2) is 0 Å². The van der Waals surface area contributed by atoms with Gasteiger partial charge in [0, 0.05) is 11.8 Å². The maximum Gasteiger partial charge on any atom is 0.258 e. The molecular formula is C16H16N4O. The summed E-state index contributed by atoms with van der Waals surface area (Å²) in [6, 6.07) is 8.17. The number of aryl methyl sites for hydroxylation is 1. The van der Waals surface area contributed by atoms with E-state index in [0.29, 0.717) is 17.6 Å². The first kappa shape index (κ1) is 13.4. The Kier molecular flexibility index (Phi) is 3.48. The van der Waals surface area contributed by atoms with Gasteiger partial charge in [0.25, 0.3) is 5.89 Å². The molecule has 0 spiro atoms. The number of rotatable bonds is 3. The molecule has 3 rings (SSSR count). The lowest BCUT2D eigenvalue weighted by Gasteiger charge is -2.04. The molecule has 5 heteroatoms. The van der Waals surface area contributed by atoms with Crippen molar-refractivity contribution in [2.24, 2.45) is 0 Å². The lowest BCUT2D eigenvalue weighted by atomic mass is 10.0. The van der Waals surface area contributed by atoms with Crippen LogP contribution in [-0.2, 0) is 0 Å². The molecule has 0 fully saturated rings. The highest BCUT2D eigenvalue weighted by Crippen LogP contribution is 2.24. The molecule has 0 atom stereocenters. The summed E-state index contributed by atoms with van der Waals surface area (Å²) < 4.78 is 5.34. The first-order valence-corrected chi connectivity index (χ1v) is 6.86. The van der Waals surface area contributed by atoms with Gasteiger partial charge in [0.1, 0.15) is 6.33 Å². The summed E-state index contributed by atoms with van der Waals surface area (Å²) >= 11 is 0. The van der Waals surface area contributed by atoms with Crippen molar-refractivity contribution in [3.8, 4) is 22.8 Å². The summed E-state index contributed by atoms with van der Waals surface area (Å²) in [7, 11) is 0. The van der Waals surface area contributed by atoms with Crippen LogP contribution in [0.4, 0.5) is 0 Å². The number of aromatic nitrogens is 4. The fourth-order valence-corrected chi connectivity index (χ4v) is 2.07. The molecule has 0 radical (unpaired) electrons. The Balaban J connectivity index is 1.93. The van der Waals surface area contributed by atoms with E-state index in [9.17, 15) is 0 Å². The largest absolute Gasteiger partial charge is 0.334 e. The number of hydrogen-bond donors (Lipinski definition) is 0. The summed E-state index contributed by atoms with van der Waals surface area (Å²) in [6.45, 7) is 6.22. The molecule has 0 amide bonds. The van der Waals surface area contributed by atoms with Gasteiger partial charge < -0.3 is 4.52 Å². The molecule has 0 saturated carbocycles. The number of benzene rings is 1. The fourth-order valence-electron chi connectivity index (χ4n) is 2.07. The van der Waals surface area contributed by atoms with Crippen molar-refractivity contribution in [1.82, 2.24) is 20.1 Å². The van der Waals surface area contributed by atoms with Crippen LogP contribution in [0.25, 0.3) is 22.8 Å². The third-order valence-corrected chi connectivity index (χ3v) is 3.40. The standard InChI is InChI=1S/C16H16N4O/c1-10(2)12-4-6-13(7-5-12)16-19-15(20-21-16)14-8-17-9-18-11(14)3/h4-10H,1-3H3. The van der Waals surface area contributed by atoms with Gasteiger partial charge in [-0.3, -0.25) is 0 Å². The maximum atomic E-state index is 5.34. The molecule has 3 aromatic rings. The van der Waals surface area contributed by atoms with Crippen molar-refractivity contribution in [1.29, 1.82) is 0 Å². The molecular weight excluding hydrogens is 264 g/mol. The molecule has 1 aromatic carbocycles. The van der Waals surface area contributed by atoms with Crippen molar-refractivity contribution in [3.05, 3.63) is 48.0 Å². The van der Waals surface area contributed by atoms with Crippen molar-refractivity contribution < 1.29 is 4.52 Å². The van der Waals surface area contributed by atoms with Crippen LogP contribution in [0.3, 0.4) is 0 Å². The molecule has 0 aliphatic carbocycles. The Morgan fingerprint density at radius 3 is 2.52 bits per heavy atom. The molecule has 0 aliphatic rings. The SMILES string of the molecule is Cc1ncncc1-c1noc(-c2ccc(C(C)C)cc2)n1. The molecule has 0 aliphatic heterocycles. The van der Waals surface area contributed by atoms with Crippen LogP contribution >= 0.6 is 0 Å². The average Bonchev–Trinajstić information content (AvgIpc) is 2.97. The van der Waals surface area contributed by atoms with Crippen LogP contribution in [0.5, 0.6) is 0 Å². The summed E-state index contributed by atoms with van der Waals surface area (Å²) in [6.07, 6.45) is 3.20. The maximum absolute atomic E-state index is 5.34. The zero-order valence-electron chi connectivity index (χ0n) is 12.2. The molecule has 106 valence electrons. The Bertz CT molecular complexity index is 747. The first-order valence-electron chi connectivity index (χ1n) is 6.86. The molecule has 2 aromatic heterocycles. The van der Waals surface area contributed by atoms with Crippen molar-refractivity contribution >= 4 is 0 Å². The highest BCUT2D eigenvalue weighted by Gasteiger charge is 2.13. The van der Waals surface area contributed by atoms with Gasteiger partial charge in [0.2, 0.25) is 5.82 Å². The predicted molar refractivity (Wildman–Crippen MR) is 79.6 cm³/mol. The zero-order chi connectivity index (χ0) is 14.8. The van der Waals surface area contributed by atoms with Crippen LogP contribution in [0, 0.1) is 6.92 Å². The summed E-state index contributed by atoms with van der Waals surface area (Å²) in [4.78, 5) is 12.6. The number of hydrogen-bond acceptors (Lipinski definition) is 5. The second-order valence-corrected chi connectivity index (χ2v) is 5.22. The van der Waals surface area contributed by atoms with Gasteiger partial charge in [-0.25, -0.2) is 9.97 Å². The van der Waals surface area contributed by atoms with Gasteiger partial charge in [-0.05, 0) is 30.5 Å². The summed E-state index contributed by atoms with van der Waals surface area (Å²) in [5.41, 5.74) is 3.80. The van der Waals surface area contributed by atoms with E-state index in [2.05, 4.69) is 46.1 Å². The lowest BCUT2D eigenvalue weighted by Crippen LogP contribution is -1.90. The first-order chi connectivity index (χ1) is 10.1. The highest BCUT2D eigenvalue weighted by atomic mass is 16.5. The van der Waals surface area contributed by atoms with Crippen molar-refractivity contribution in [2.45, 2.75) is 26.7 Å².